The van der Waals surface area contributed by atoms with Crippen LogP contribution >= 0.6 is 0 Å². The maximum atomic E-state index is 5.12. The molecule has 9 aromatic rings. The largest absolute Gasteiger partial charge is 0.208 e. The molecule has 244 valence electrons. The van der Waals surface area contributed by atoms with E-state index in [9.17, 15) is 0 Å². The lowest BCUT2D eigenvalue weighted by Crippen LogP contribution is -2.00. The van der Waals surface area contributed by atoms with Crippen molar-refractivity contribution in [2.24, 2.45) is 0 Å². The quantitative estimate of drug-likeness (QED) is 0.170. The Balaban J connectivity index is 1.20. The van der Waals surface area contributed by atoms with Gasteiger partial charge < -0.3 is 0 Å². The van der Waals surface area contributed by atoms with Gasteiger partial charge in [-0.1, -0.05) is 182 Å². The highest BCUT2D eigenvalue weighted by Gasteiger charge is 2.16. The van der Waals surface area contributed by atoms with E-state index in [-0.39, 0.29) is 0 Å². The third-order valence-electron chi connectivity index (χ3n) is 9.53. The van der Waals surface area contributed by atoms with Gasteiger partial charge >= 0.3 is 0 Å². The molecule has 9 rings (SSSR count). The number of fused-ring (bicyclic) bond motifs is 1. The molecule has 8 aromatic carbocycles. The highest BCUT2D eigenvalue weighted by molar-refractivity contribution is 6.01. The molecule has 0 bridgehead atoms. The van der Waals surface area contributed by atoms with E-state index in [0.717, 1.165) is 38.9 Å². The van der Waals surface area contributed by atoms with Crippen molar-refractivity contribution in [3.63, 3.8) is 0 Å². The number of rotatable bonds is 7. The minimum Gasteiger partial charge on any atom is -0.208 e. The van der Waals surface area contributed by atoms with Gasteiger partial charge in [0.25, 0.3) is 0 Å². The summed E-state index contributed by atoms with van der Waals surface area (Å²) in [4.78, 5) is 15.2. The fourth-order valence-electron chi connectivity index (χ4n) is 6.93. The van der Waals surface area contributed by atoms with Gasteiger partial charge in [0.15, 0.2) is 17.5 Å². The van der Waals surface area contributed by atoms with Crippen LogP contribution in [-0.2, 0) is 0 Å². The van der Waals surface area contributed by atoms with Gasteiger partial charge in [0.05, 0.1) is 0 Å². The molecule has 0 aliphatic heterocycles. The fourth-order valence-corrected chi connectivity index (χ4v) is 6.93. The van der Waals surface area contributed by atoms with Gasteiger partial charge in [0.2, 0.25) is 0 Å². The van der Waals surface area contributed by atoms with Crippen LogP contribution in [0.15, 0.2) is 200 Å². The number of nitrogens with zero attached hydrogens (tertiary/aromatic N) is 3. The van der Waals surface area contributed by atoms with Crippen LogP contribution in [0, 0.1) is 0 Å². The van der Waals surface area contributed by atoms with Crippen molar-refractivity contribution >= 4 is 10.8 Å². The molecule has 0 saturated heterocycles. The van der Waals surface area contributed by atoms with Gasteiger partial charge in [-0.25, -0.2) is 15.0 Å². The van der Waals surface area contributed by atoms with Gasteiger partial charge in [0, 0.05) is 16.7 Å². The van der Waals surface area contributed by atoms with Gasteiger partial charge in [0.1, 0.15) is 0 Å². The van der Waals surface area contributed by atoms with E-state index in [1.807, 2.05) is 36.4 Å². The third kappa shape index (κ3) is 6.17. The van der Waals surface area contributed by atoms with Crippen molar-refractivity contribution < 1.29 is 0 Å². The van der Waals surface area contributed by atoms with Gasteiger partial charge in [-0.3, -0.25) is 0 Å². The Morgan fingerprint density at radius 2 is 0.673 bits per heavy atom. The van der Waals surface area contributed by atoms with Gasteiger partial charge in [-0.15, -0.1) is 0 Å². The van der Waals surface area contributed by atoms with Crippen molar-refractivity contribution in [1.82, 2.24) is 15.0 Å². The standard InChI is InChI=1S/C49H33N3/c1-4-15-34(16-5-1)38-23-12-25-41(31-38)48-50-47(37-20-8-3-9-21-37)51-49(52-48)42-26-13-24-40(32-42)44-30-29-39(35-17-6-2-7-18-35)33-46(44)45-28-14-22-36-19-10-11-27-43(36)45/h1-33H. The second-order valence-corrected chi connectivity index (χ2v) is 12.9. The minimum absolute atomic E-state index is 0.628. The average molecular weight is 664 g/mol. The molecule has 52 heavy (non-hydrogen) atoms. The molecule has 0 N–H and O–H groups in total. The van der Waals surface area contributed by atoms with Crippen molar-refractivity contribution in [3.8, 4) is 78.7 Å². The van der Waals surface area contributed by atoms with Crippen molar-refractivity contribution in [3.05, 3.63) is 200 Å². The van der Waals surface area contributed by atoms with Crippen LogP contribution in [0.25, 0.3) is 89.4 Å². The van der Waals surface area contributed by atoms with Crippen LogP contribution in [0.4, 0.5) is 0 Å². The Labute approximate surface area is 303 Å². The molecule has 0 spiro atoms. The predicted octanol–water partition coefficient (Wildman–Crippen LogP) is 12.7. The van der Waals surface area contributed by atoms with Crippen LogP contribution < -0.4 is 0 Å². The van der Waals surface area contributed by atoms with Crippen LogP contribution in [0.1, 0.15) is 0 Å². The van der Waals surface area contributed by atoms with E-state index in [1.165, 1.54) is 33.0 Å². The summed E-state index contributed by atoms with van der Waals surface area (Å²) in [6.45, 7) is 0. The zero-order chi connectivity index (χ0) is 34.7. The van der Waals surface area contributed by atoms with E-state index < -0.39 is 0 Å². The zero-order valence-corrected chi connectivity index (χ0v) is 28.4. The summed E-state index contributed by atoms with van der Waals surface area (Å²) < 4.78 is 0. The Morgan fingerprint density at radius 3 is 1.33 bits per heavy atom. The summed E-state index contributed by atoms with van der Waals surface area (Å²) in [5.74, 6) is 1.90. The molecule has 1 heterocycles. The number of benzene rings is 8. The molecular formula is C49H33N3. The first-order valence-electron chi connectivity index (χ1n) is 17.5. The second-order valence-electron chi connectivity index (χ2n) is 12.9. The lowest BCUT2D eigenvalue weighted by Gasteiger charge is -2.16. The summed E-state index contributed by atoms with van der Waals surface area (Å²) in [5, 5.41) is 2.44. The van der Waals surface area contributed by atoms with Gasteiger partial charge in [-0.2, -0.15) is 0 Å². The molecule has 0 unspecified atom stereocenters. The molecule has 0 aliphatic rings. The van der Waals surface area contributed by atoms with Crippen molar-refractivity contribution in [2.45, 2.75) is 0 Å². The zero-order valence-electron chi connectivity index (χ0n) is 28.4. The van der Waals surface area contributed by atoms with Gasteiger partial charge in [-0.05, 0) is 73.5 Å². The molecule has 1 aromatic heterocycles. The summed E-state index contributed by atoms with van der Waals surface area (Å²) in [6, 6.07) is 70.1. The van der Waals surface area contributed by atoms with Crippen LogP contribution in [0.2, 0.25) is 0 Å². The predicted molar refractivity (Wildman–Crippen MR) is 215 cm³/mol. The summed E-state index contributed by atoms with van der Waals surface area (Å²) in [5.41, 5.74) is 12.0. The molecule has 0 radical (unpaired) electrons. The molecule has 0 atom stereocenters. The Morgan fingerprint density at radius 1 is 0.231 bits per heavy atom. The molecule has 3 nitrogen and oxygen atoms in total. The number of hydrogen-bond donors (Lipinski definition) is 0. The second kappa shape index (κ2) is 13.7. The first-order chi connectivity index (χ1) is 25.8. The molecular weight excluding hydrogens is 631 g/mol. The molecule has 0 amide bonds. The maximum Gasteiger partial charge on any atom is 0.164 e. The SMILES string of the molecule is c1ccc(-c2cccc(-c3nc(-c4ccccc4)nc(-c4cccc(-c5ccc(-c6ccccc6)cc5-c5cccc6ccccc56)c4)n3)c2)cc1. The van der Waals surface area contributed by atoms with E-state index in [0.29, 0.717) is 17.5 Å². The lowest BCUT2D eigenvalue weighted by atomic mass is 9.88. The molecule has 0 fully saturated rings. The third-order valence-corrected chi connectivity index (χ3v) is 9.53. The number of hydrogen-bond acceptors (Lipinski definition) is 3. The highest BCUT2D eigenvalue weighted by atomic mass is 15.0. The Hall–Kier alpha value is -6.97. The number of aromatic nitrogens is 3. The summed E-state index contributed by atoms with van der Waals surface area (Å²) in [7, 11) is 0. The lowest BCUT2D eigenvalue weighted by molar-refractivity contribution is 1.07. The normalized spacial score (nSPS) is 11.1. The summed E-state index contributed by atoms with van der Waals surface area (Å²) in [6.07, 6.45) is 0. The van der Waals surface area contributed by atoms with Crippen molar-refractivity contribution in [1.29, 1.82) is 0 Å². The first kappa shape index (κ1) is 31.0. The van der Waals surface area contributed by atoms with E-state index in [1.54, 1.807) is 0 Å². The van der Waals surface area contributed by atoms with E-state index >= 15 is 0 Å². The molecule has 3 heteroatoms. The highest BCUT2D eigenvalue weighted by Crippen LogP contribution is 2.40. The molecule has 0 aliphatic carbocycles. The van der Waals surface area contributed by atoms with E-state index in [4.69, 9.17) is 15.0 Å². The monoisotopic (exact) mass is 663 g/mol. The fraction of sp³-hybridized carbons (Fsp3) is 0. The topological polar surface area (TPSA) is 38.7 Å². The van der Waals surface area contributed by atoms with E-state index in [2.05, 4.69) is 164 Å². The van der Waals surface area contributed by atoms with Crippen LogP contribution in [0.3, 0.4) is 0 Å². The minimum atomic E-state index is 0.628. The Kier molecular flexibility index (Phi) is 8.20. The Bertz CT molecular complexity index is 2660. The summed E-state index contributed by atoms with van der Waals surface area (Å²) >= 11 is 0. The van der Waals surface area contributed by atoms with Crippen LogP contribution in [-0.4, -0.2) is 15.0 Å². The van der Waals surface area contributed by atoms with Crippen molar-refractivity contribution in [2.75, 3.05) is 0 Å². The molecule has 0 saturated carbocycles. The first-order valence-corrected chi connectivity index (χ1v) is 17.5. The average Bonchev–Trinajstić information content (AvgIpc) is 3.24. The van der Waals surface area contributed by atoms with Crippen LogP contribution in [0.5, 0.6) is 0 Å². The smallest absolute Gasteiger partial charge is 0.164 e. The maximum absolute atomic E-state index is 5.12.